The van der Waals surface area contributed by atoms with E-state index in [0.717, 1.165) is 0 Å². The summed E-state index contributed by atoms with van der Waals surface area (Å²) >= 11 is -2.75. The van der Waals surface area contributed by atoms with Crippen LogP contribution in [0.2, 0.25) is 13.3 Å². The van der Waals surface area contributed by atoms with Gasteiger partial charge < -0.3 is 0 Å². The Kier molecular flexibility index (Phi) is 11.5. The molecular weight excluding hydrogens is 575 g/mol. The Hall–Kier alpha value is -2.58. The van der Waals surface area contributed by atoms with Gasteiger partial charge in [-0.2, -0.15) is 0 Å². The zero-order chi connectivity index (χ0) is 27.3. The summed E-state index contributed by atoms with van der Waals surface area (Å²) < 4.78 is 6.16. The first-order chi connectivity index (χ1) is 19.2. The summed E-state index contributed by atoms with van der Waals surface area (Å²) in [5, 5.41) is 0. The van der Waals surface area contributed by atoms with Crippen LogP contribution in [0.25, 0.3) is 11.1 Å². The van der Waals surface area contributed by atoms with Crippen LogP contribution >= 0.6 is 0 Å². The fraction of sp³-hybridized carbons (Fsp3) is 0.316. The van der Waals surface area contributed by atoms with Crippen LogP contribution in [-0.4, -0.2) is 18.4 Å². The van der Waals surface area contributed by atoms with Gasteiger partial charge in [-0.15, -0.1) is 0 Å². The summed E-state index contributed by atoms with van der Waals surface area (Å²) in [6, 6.07) is 42.9. The van der Waals surface area contributed by atoms with Crippen molar-refractivity contribution in [2.24, 2.45) is 0 Å². The maximum atomic E-state index is 2.56. The molecule has 4 aromatic rings. The van der Waals surface area contributed by atoms with Crippen LogP contribution in [0.4, 0.5) is 0 Å². The molecule has 0 unspecified atom stereocenters. The zero-order valence-electron chi connectivity index (χ0n) is 24.3. The van der Waals surface area contributed by atoms with E-state index in [1.807, 2.05) is 0 Å². The molecular formula is C38H46Sn. The van der Waals surface area contributed by atoms with E-state index in [4.69, 9.17) is 0 Å². The first-order valence-corrected chi connectivity index (χ1v) is 22.7. The van der Waals surface area contributed by atoms with Crippen molar-refractivity contribution in [3.8, 4) is 0 Å². The Labute approximate surface area is 242 Å². The minimum absolute atomic E-state index is 1.29. The van der Waals surface area contributed by atoms with E-state index in [2.05, 4.69) is 136 Å². The molecule has 4 aromatic carbocycles. The van der Waals surface area contributed by atoms with Gasteiger partial charge in [0.15, 0.2) is 0 Å². The Balaban J connectivity index is 2.09. The molecule has 202 valence electrons. The molecule has 0 aliphatic rings. The number of hydrogen-bond acceptors (Lipinski definition) is 0. The average Bonchev–Trinajstić information content (AvgIpc) is 3.01. The van der Waals surface area contributed by atoms with Crippen molar-refractivity contribution in [2.75, 3.05) is 0 Å². The molecule has 0 heterocycles. The van der Waals surface area contributed by atoms with Gasteiger partial charge in [-0.1, -0.05) is 0 Å². The van der Waals surface area contributed by atoms with Gasteiger partial charge in [0.1, 0.15) is 0 Å². The molecule has 0 aliphatic heterocycles. The van der Waals surface area contributed by atoms with Crippen molar-refractivity contribution in [1.82, 2.24) is 0 Å². The number of unbranched alkanes of at least 4 members (excludes halogenated alkanes) is 3. The Morgan fingerprint density at radius 2 is 0.795 bits per heavy atom. The molecule has 0 fully saturated rings. The van der Waals surface area contributed by atoms with Crippen molar-refractivity contribution in [1.29, 1.82) is 0 Å². The quantitative estimate of drug-likeness (QED) is 0.0971. The molecule has 4 rings (SSSR count). The topological polar surface area (TPSA) is 0 Å². The van der Waals surface area contributed by atoms with Gasteiger partial charge in [0.2, 0.25) is 0 Å². The monoisotopic (exact) mass is 622 g/mol. The van der Waals surface area contributed by atoms with Crippen molar-refractivity contribution in [2.45, 2.75) is 72.6 Å². The minimum atomic E-state index is -2.75. The third kappa shape index (κ3) is 7.34. The zero-order valence-corrected chi connectivity index (χ0v) is 27.2. The van der Waals surface area contributed by atoms with Crippen LogP contribution in [-0.2, 0) is 0 Å². The second kappa shape index (κ2) is 15.3. The maximum absolute atomic E-state index is 2.75. The van der Waals surface area contributed by atoms with Crippen molar-refractivity contribution in [3.05, 3.63) is 138 Å². The second-order valence-corrected chi connectivity index (χ2v) is 24.1. The van der Waals surface area contributed by atoms with Crippen LogP contribution in [0.5, 0.6) is 0 Å². The van der Waals surface area contributed by atoms with Gasteiger partial charge in [-0.05, 0) is 0 Å². The summed E-state index contributed by atoms with van der Waals surface area (Å²) in [4.78, 5) is 0. The van der Waals surface area contributed by atoms with E-state index in [1.54, 1.807) is 3.58 Å². The number of rotatable bonds is 14. The molecule has 0 spiro atoms. The fourth-order valence-electron chi connectivity index (χ4n) is 6.19. The fourth-order valence-corrected chi connectivity index (χ4v) is 23.0. The Morgan fingerprint density at radius 1 is 0.436 bits per heavy atom. The van der Waals surface area contributed by atoms with Crippen molar-refractivity contribution < 1.29 is 0 Å². The summed E-state index contributed by atoms with van der Waals surface area (Å²) in [7, 11) is 0. The molecule has 0 atom stereocenters. The molecule has 0 nitrogen and oxygen atoms in total. The Morgan fingerprint density at radius 3 is 1.21 bits per heavy atom. The van der Waals surface area contributed by atoms with Gasteiger partial charge in [-0.3, -0.25) is 0 Å². The van der Waals surface area contributed by atoms with Crippen LogP contribution in [0, 0.1) is 0 Å². The molecule has 0 radical (unpaired) electrons. The van der Waals surface area contributed by atoms with Gasteiger partial charge in [0, 0.05) is 0 Å². The predicted octanol–water partition coefficient (Wildman–Crippen LogP) is 10.8. The van der Waals surface area contributed by atoms with Crippen LogP contribution in [0.3, 0.4) is 0 Å². The van der Waals surface area contributed by atoms with E-state index >= 15 is 0 Å². The number of hydrogen-bond donors (Lipinski definition) is 0. The first-order valence-electron chi connectivity index (χ1n) is 15.2. The van der Waals surface area contributed by atoms with Crippen molar-refractivity contribution in [3.63, 3.8) is 0 Å². The van der Waals surface area contributed by atoms with Gasteiger partial charge in [0.05, 0.1) is 0 Å². The molecule has 0 saturated carbocycles. The SMILES string of the molecule is CCC[CH2][Sn]([CH2]CCC)([CH2]CCC)[c]1ccccc1C(=C(c1ccccc1)c1ccccc1)c1ccccc1. The average molecular weight is 621 g/mol. The van der Waals surface area contributed by atoms with Gasteiger partial charge >= 0.3 is 243 Å². The summed E-state index contributed by atoms with van der Waals surface area (Å²) in [5.41, 5.74) is 8.12. The van der Waals surface area contributed by atoms with Crippen LogP contribution in [0.1, 0.15) is 81.5 Å². The number of benzene rings is 4. The van der Waals surface area contributed by atoms with E-state index in [9.17, 15) is 0 Å². The Bertz CT molecular complexity index is 1230. The first kappa shape index (κ1) is 29.4. The van der Waals surface area contributed by atoms with E-state index in [0.29, 0.717) is 0 Å². The van der Waals surface area contributed by atoms with E-state index in [-0.39, 0.29) is 0 Å². The molecule has 0 amide bonds. The summed E-state index contributed by atoms with van der Waals surface area (Å²) in [6.07, 6.45) is 7.98. The molecule has 0 aromatic heterocycles. The van der Waals surface area contributed by atoms with Gasteiger partial charge in [-0.25, -0.2) is 0 Å². The molecule has 0 saturated heterocycles. The molecule has 1 heteroatoms. The van der Waals surface area contributed by atoms with Crippen LogP contribution in [0.15, 0.2) is 115 Å². The third-order valence-corrected chi connectivity index (χ3v) is 24.0. The van der Waals surface area contributed by atoms with E-state index < -0.39 is 18.4 Å². The standard InChI is InChI=1S/C26H19.3C4H9.Sn/c1-5-13-21(14-6-1)25(22-15-7-2-8-16-22)26(23-17-9-3-10-18-23)24-19-11-4-12-20-24;3*1-3-4-2;/h1-19H;3*1,3-4H2,2H3;. The molecule has 0 aliphatic carbocycles. The second-order valence-electron chi connectivity index (χ2n) is 11.0. The van der Waals surface area contributed by atoms with Gasteiger partial charge in [0.25, 0.3) is 0 Å². The van der Waals surface area contributed by atoms with E-state index in [1.165, 1.54) is 85.2 Å². The molecule has 0 N–H and O–H groups in total. The summed E-state index contributed by atoms with van der Waals surface area (Å²) in [6.45, 7) is 7.13. The normalized spacial score (nSPS) is 11.4. The predicted molar refractivity (Wildman–Crippen MR) is 175 cm³/mol. The molecule has 0 bridgehead atoms. The summed E-state index contributed by atoms with van der Waals surface area (Å²) in [5.74, 6) is 0. The third-order valence-electron chi connectivity index (χ3n) is 8.23. The van der Waals surface area contributed by atoms with Crippen molar-refractivity contribution >= 4 is 33.1 Å². The molecule has 39 heavy (non-hydrogen) atoms. The van der Waals surface area contributed by atoms with Crippen LogP contribution < -0.4 is 3.58 Å².